The van der Waals surface area contributed by atoms with Crippen LogP contribution >= 0.6 is 0 Å². The summed E-state index contributed by atoms with van der Waals surface area (Å²) in [5, 5.41) is 10.7. The fraction of sp³-hybridized carbons (Fsp3) is 0.385. The number of benzene rings is 1. The lowest BCUT2D eigenvalue weighted by molar-refractivity contribution is -0.137. The van der Waals surface area contributed by atoms with Gasteiger partial charge in [-0.1, -0.05) is 12.1 Å². The fourth-order valence-electron chi connectivity index (χ4n) is 1.51. The van der Waals surface area contributed by atoms with Crippen molar-refractivity contribution in [3.8, 4) is 5.75 Å². The molecule has 0 fully saturated rings. The molecule has 0 saturated heterocycles. The van der Waals surface area contributed by atoms with Gasteiger partial charge in [0.2, 0.25) is 5.91 Å². The first-order valence-corrected chi connectivity index (χ1v) is 5.73. The second kappa shape index (κ2) is 7.32. The van der Waals surface area contributed by atoms with Gasteiger partial charge < -0.3 is 15.2 Å². The van der Waals surface area contributed by atoms with Gasteiger partial charge in [-0.15, -0.1) is 0 Å². The van der Waals surface area contributed by atoms with Crippen LogP contribution in [0.15, 0.2) is 24.3 Å². The number of methoxy groups -OCH3 is 1. The normalized spacial score (nSPS) is 9.83. The third kappa shape index (κ3) is 5.34. The number of carbonyl (C=O) groups is 2. The summed E-state index contributed by atoms with van der Waals surface area (Å²) in [6.45, 7) is -0.318. The topological polar surface area (TPSA) is 75.6 Å². The molecule has 0 unspecified atom stereocenters. The summed E-state index contributed by atoms with van der Waals surface area (Å²) >= 11 is 0. The molecule has 1 rings (SSSR count). The molecule has 0 aliphatic rings. The van der Waals surface area contributed by atoms with E-state index in [9.17, 15) is 9.59 Å². The van der Waals surface area contributed by atoms with Gasteiger partial charge in [0.15, 0.2) is 0 Å². The molecule has 1 amide bonds. The van der Waals surface area contributed by atoms with Crippen LogP contribution in [0.3, 0.4) is 0 Å². The Morgan fingerprint density at radius 3 is 2.50 bits per heavy atom. The van der Waals surface area contributed by atoms with Gasteiger partial charge in [-0.05, 0) is 30.5 Å². The maximum absolute atomic E-state index is 11.2. The van der Waals surface area contributed by atoms with E-state index in [0.29, 0.717) is 12.8 Å². The third-order valence-corrected chi connectivity index (χ3v) is 2.47. The number of hydrogen-bond donors (Lipinski definition) is 2. The first-order chi connectivity index (χ1) is 8.61. The molecular weight excluding hydrogens is 234 g/mol. The van der Waals surface area contributed by atoms with Crippen molar-refractivity contribution in [2.75, 3.05) is 13.7 Å². The van der Waals surface area contributed by atoms with Crippen molar-refractivity contribution in [2.24, 2.45) is 0 Å². The van der Waals surface area contributed by atoms with E-state index in [2.05, 4.69) is 5.32 Å². The van der Waals surface area contributed by atoms with E-state index in [0.717, 1.165) is 17.7 Å². The highest BCUT2D eigenvalue weighted by Crippen LogP contribution is 2.13. The SMILES string of the molecule is COc1ccc(CCCC(=O)NCC(=O)O)cc1. The number of aliphatic carboxylic acids is 1. The number of rotatable bonds is 7. The van der Waals surface area contributed by atoms with Gasteiger partial charge >= 0.3 is 5.97 Å². The lowest BCUT2D eigenvalue weighted by Crippen LogP contribution is -2.28. The number of amides is 1. The molecule has 5 heteroatoms. The Bertz CT molecular complexity index is 400. The van der Waals surface area contributed by atoms with E-state index in [-0.39, 0.29) is 12.5 Å². The van der Waals surface area contributed by atoms with Crippen LogP contribution in [0.5, 0.6) is 5.75 Å². The van der Waals surface area contributed by atoms with Crippen LogP contribution in [0, 0.1) is 0 Å². The minimum Gasteiger partial charge on any atom is -0.497 e. The number of hydrogen-bond acceptors (Lipinski definition) is 3. The van der Waals surface area contributed by atoms with Gasteiger partial charge in [-0.3, -0.25) is 9.59 Å². The third-order valence-electron chi connectivity index (χ3n) is 2.47. The maximum Gasteiger partial charge on any atom is 0.322 e. The average Bonchev–Trinajstić information content (AvgIpc) is 2.37. The monoisotopic (exact) mass is 251 g/mol. The molecular formula is C13H17NO4. The zero-order valence-corrected chi connectivity index (χ0v) is 10.3. The summed E-state index contributed by atoms with van der Waals surface area (Å²) < 4.78 is 5.05. The van der Waals surface area contributed by atoms with Crippen molar-refractivity contribution < 1.29 is 19.4 Å². The minimum atomic E-state index is -1.03. The summed E-state index contributed by atoms with van der Waals surface area (Å²) in [7, 11) is 1.61. The van der Waals surface area contributed by atoms with Crippen LogP contribution in [0.2, 0.25) is 0 Å². The van der Waals surface area contributed by atoms with Crippen molar-refractivity contribution in [3.05, 3.63) is 29.8 Å². The van der Waals surface area contributed by atoms with Gasteiger partial charge in [0, 0.05) is 6.42 Å². The summed E-state index contributed by atoms with van der Waals surface area (Å²) in [4.78, 5) is 21.5. The van der Waals surface area contributed by atoms with Crippen molar-refractivity contribution >= 4 is 11.9 Å². The van der Waals surface area contributed by atoms with Gasteiger partial charge in [0.1, 0.15) is 12.3 Å². The molecule has 0 saturated carbocycles. The molecule has 0 aliphatic heterocycles. The Morgan fingerprint density at radius 2 is 1.94 bits per heavy atom. The predicted octanol–water partition coefficient (Wildman–Crippen LogP) is 1.22. The predicted molar refractivity (Wildman–Crippen MR) is 66.6 cm³/mol. The van der Waals surface area contributed by atoms with Crippen LogP contribution in [-0.2, 0) is 16.0 Å². The standard InChI is InChI=1S/C13H17NO4/c1-18-11-7-5-10(6-8-11)3-2-4-12(15)14-9-13(16)17/h5-8H,2-4,9H2,1H3,(H,14,15)(H,16,17). The van der Waals surface area contributed by atoms with Crippen LogP contribution in [0.1, 0.15) is 18.4 Å². The van der Waals surface area contributed by atoms with Gasteiger partial charge in [-0.2, -0.15) is 0 Å². The zero-order valence-electron chi connectivity index (χ0n) is 10.3. The van der Waals surface area contributed by atoms with Crippen molar-refractivity contribution in [1.82, 2.24) is 5.32 Å². The Kier molecular flexibility index (Phi) is 5.70. The first kappa shape index (κ1) is 14.0. The molecule has 0 heterocycles. The van der Waals surface area contributed by atoms with E-state index in [1.54, 1.807) is 7.11 Å². The summed E-state index contributed by atoms with van der Waals surface area (Å²) in [6.07, 6.45) is 1.81. The van der Waals surface area contributed by atoms with Crippen molar-refractivity contribution in [3.63, 3.8) is 0 Å². The molecule has 2 N–H and O–H groups in total. The van der Waals surface area contributed by atoms with Crippen molar-refractivity contribution in [2.45, 2.75) is 19.3 Å². The molecule has 0 radical (unpaired) electrons. The minimum absolute atomic E-state index is 0.231. The Hall–Kier alpha value is -2.04. The molecule has 0 aromatic heterocycles. The highest BCUT2D eigenvalue weighted by molar-refractivity contribution is 5.80. The lowest BCUT2D eigenvalue weighted by Gasteiger charge is -2.04. The summed E-state index contributed by atoms with van der Waals surface area (Å²) in [5.74, 6) is -0.456. The maximum atomic E-state index is 11.2. The largest absolute Gasteiger partial charge is 0.497 e. The van der Waals surface area contributed by atoms with Gasteiger partial charge in [-0.25, -0.2) is 0 Å². The molecule has 0 bridgehead atoms. The van der Waals surface area contributed by atoms with E-state index < -0.39 is 5.97 Å². The fourth-order valence-corrected chi connectivity index (χ4v) is 1.51. The molecule has 0 aliphatic carbocycles. The number of nitrogens with one attached hydrogen (secondary N) is 1. The van der Waals surface area contributed by atoms with E-state index in [1.165, 1.54) is 0 Å². The second-order valence-electron chi connectivity index (χ2n) is 3.87. The molecule has 18 heavy (non-hydrogen) atoms. The van der Waals surface area contributed by atoms with Crippen LogP contribution < -0.4 is 10.1 Å². The molecule has 0 atom stereocenters. The quantitative estimate of drug-likeness (QED) is 0.764. The van der Waals surface area contributed by atoms with E-state index in [4.69, 9.17) is 9.84 Å². The van der Waals surface area contributed by atoms with Crippen LogP contribution in [-0.4, -0.2) is 30.6 Å². The number of ether oxygens (including phenoxy) is 1. The molecule has 98 valence electrons. The average molecular weight is 251 g/mol. The van der Waals surface area contributed by atoms with Crippen LogP contribution in [0.4, 0.5) is 0 Å². The van der Waals surface area contributed by atoms with Crippen LogP contribution in [0.25, 0.3) is 0 Å². The molecule has 5 nitrogen and oxygen atoms in total. The smallest absolute Gasteiger partial charge is 0.322 e. The summed E-state index contributed by atoms with van der Waals surface area (Å²) in [6, 6.07) is 7.65. The van der Waals surface area contributed by atoms with Gasteiger partial charge in [0.05, 0.1) is 7.11 Å². The first-order valence-electron chi connectivity index (χ1n) is 5.73. The highest BCUT2D eigenvalue weighted by Gasteiger charge is 2.03. The number of carboxylic acid groups (broad SMARTS) is 1. The number of carboxylic acids is 1. The molecule has 1 aromatic rings. The highest BCUT2D eigenvalue weighted by atomic mass is 16.5. The Balaban J connectivity index is 2.24. The lowest BCUT2D eigenvalue weighted by atomic mass is 10.1. The van der Waals surface area contributed by atoms with E-state index in [1.807, 2.05) is 24.3 Å². The Morgan fingerprint density at radius 1 is 1.28 bits per heavy atom. The molecule has 0 spiro atoms. The van der Waals surface area contributed by atoms with Crippen molar-refractivity contribution in [1.29, 1.82) is 0 Å². The number of aryl methyl sites for hydroxylation is 1. The van der Waals surface area contributed by atoms with Gasteiger partial charge in [0.25, 0.3) is 0 Å². The Labute approximate surface area is 106 Å². The zero-order chi connectivity index (χ0) is 13.4. The molecule has 1 aromatic carbocycles. The second-order valence-corrected chi connectivity index (χ2v) is 3.87. The van der Waals surface area contributed by atoms with E-state index >= 15 is 0 Å². The number of carbonyl (C=O) groups excluding carboxylic acids is 1. The summed E-state index contributed by atoms with van der Waals surface area (Å²) in [5.41, 5.74) is 1.13.